The topological polar surface area (TPSA) is 101 Å². The number of halogens is 1. The molecule has 0 spiro atoms. The Labute approximate surface area is 156 Å². The summed E-state index contributed by atoms with van der Waals surface area (Å²) < 4.78 is 47.4. The van der Waals surface area contributed by atoms with Crippen molar-refractivity contribution in [2.45, 2.75) is 44.4 Å². The quantitative estimate of drug-likeness (QED) is 0.690. The lowest BCUT2D eigenvalue weighted by molar-refractivity contribution is 0.421. The maximum Gasteiger partial charge on any atom is 0.264 e. The van der Waals surface area contributed by atoms with Crippen LogP contribution in [0.5, 0.6) is 0 Å². The number of anilines is 1. The van der Waals surface area contributed by atoms with E-state index >= 15 is 0 Å². The Balaban J connectivity index is 1.78. The van der Waals surface area contributed by atoms with Crippen LogP contribution in [-0.4, -0.2) is 23.5 Å². The number of H-pyrrole nitrogens is 1. The molecule has 1 saturated carbocycles. The number of aryl methyl sites for hydroxylation is 3. The van der Waals surface area contributed by atoms with Crippen LogP contribution in [0.4, 0.5) is 10.1 Å². The highest BCUT2D eigenvalue weighted by Crippen LogP contribution is 2.40. The third kappa shape index (κ3) is 3.23. The predicted octanol–water partition coefficient (Wildman–Crippen LogP) is 3.81. The molecule has 2 heterocycles. The molecule has 0 radical (unpaired) electrons. The van der Waals surface area contributed by atoms with E-state index in [2.05, 4.69) is 19.8 Å². The van der Waals surface area contributed by atoms with E-state index < -0.39 is 15.8 Å². The number of nitrogens with one attached hydrogen (secondary N) is 2. The summed E-state index contributed by atoms with van der Waals surface area (Å²) in [4.78, 5) is 7.48. The van der Waals surface area contributed by atoms with E-state index in [-0.39, 0.29) is 10.8 Å². The largest absolute Gasteiger partial charge is 0.361 e. The second-order valence-electron chi connectivity index (χ2n) is 6.88. The van der Waals surface area contributed by atoms with Crippen LogP contribution < -0.4 is 4.72 Å². The summed E-state index contributed by atoms with van der Waals surface area (Å²) in [5, 5.41) is 3.98. The van der Waals surface area contributed by atoms with Gasteiger partial charge in [-0.3, -0.25) is 4.72 Å². The molecule has 0 aliphatic heterocycles. The molecule has 27 heavy (non-hydrogen) atoms. The second-order valence-corrected chi connectivity index (χ2v) is 8.50. The van der Waals surface area contributed by atoms with Gasteiger partial charge in [0.1, 0.15) is 10.7 Å². The predicted molar refractivity (Wildman–Crippen MR) is 97.5 cm³/mol. The lowest BCUT2D eigenvalue weighted by Gasteiger charge is -2.11. The van der Waals surface area contributed by atoms with Gasteiger partial charge in [-0.05, 0) is 57.4 Å². The standard InChI is InChI=1S/C18H19FN4O3S/c1-9-8-13(19)6-7-14(9)23-27(24,25)16-11(3)20-10(2)15(16)18-21-17(22-26-18)12-4-5-12/h6-8,12,20,23H,4-5H2,1-3H3. The third-order valence-corrected chi connectivity index (χ3v) is 6.15. The van der Waals surface area contributed by atoms with E-state index in [0.717, 1.165) is 12.8 Å². The molecular weight excluding hydrogens is 371 g/mol. The van der Waals surface area contributed by atoms with Crippen molar-refractivity contribution in [1.82, 2.24) is 15.1 Å². The molecule has 2 N–H and O–H groups in total. The van der Waals surface area contributed by atoms with E-state index in [4.69, 9.17) is 4.52 Å². The van der Waals surface area contributed by atoms with Crippen LogP contribution in [0.15, 0.2) is 27.6 Å². The Kier molecular flexibility index (Phi) is 4.06. The molecule has 0 amide bonds. The lowest BCUT2D eigenvalue weighted by atomic mass is 10.2. The SMILES string of the molecule is Cc1cc(F)ccc1NS(=O)(=O)c1c(C)[nH]c(C)c1-c1nc(C2CC2)no1. The molecular formula is C18H19FN4O3S. The van der Waals surface area contributed by atoms with E-state index in [0.29, 0.717) is 39.9 Å². The van der Waals surface area contributed by atoms with Crippen LogP contribution in [-0.2, 0) is 10.0 Å². The summed E-state index contributed by atoms with van der Waals surface area (Å²) in [5.74, 6) is 0.648. The number of hydrogen-bond acceptors (Lipinski definition) is 5. The zero-order valence-corrected chi connectivity index (χ0v) is 15.9. The first-order valence-electron chi connectivity index (χ1n) is 8.58. The fourth-order valence-electron chi connectivity index (χ4n) is 3.13. The summed E-state index contributed by atoms with van der Waals surface area (Å²) in [6.45, 7) is 5.06. The zero-order valence-electron chi connectivity index (χ0n) is 15.1. The molecule has 0 unspecified atom stereocenters. The Morgan fingerprint density at radius 1 is 1.22 bits per heavy atom. The Hall–Kier alpha value is -2.68. The minimum Gasteiger partial charge on any atom is -0.361 e. The fraction of sp³-hybridized carbons (Fsp3) is 0.333. The number of aromatic amines is 1. The van der Waals surface area contributed by atoms with Crippen molar-refractivity contribution in [2.75, 3.05) is 4.72 Å². The number of hydrogen-bond donors (Lipinski definition) is 2. The van der Waals surface area contributed by atoms with Gasteiger partial charge in [-0.15, -0.1) is 0 Å². The van der Waals surface area contributed by atoms with Gasteiger partial charge in [-0.2, -0.15) is 4.98 Å². The summed E-state index contributed by atoms with van der Waals surface area (Å²) in [6.07, 6.45) is 2.03. The number of sulfonamides is 1. The van der Waals surface area contributed by atoms with Crippen molar-refractivity contribution in [3.63, 3.8) is 0 Å². The average molecular weight is 390 g/mol. The smallest absolute Gasteiger partial charge is 0.264 e. The zero-order chi connectivity index (χ0) is 19.3. The van der Waals surface area contributed by atoms with E-state index in [1.54, 1.807) is 20.8 Å². The summed E-state index contributed by atoms with van der Waals surface area (Å²) in [7, 11) is -3.96. The van der Waals surface area contributed by atoms with Gasteiger partial charge in [-0.25, -0.2) is 12.8 Å². The van der Waals surface area contributed by atoms with Crippen molar-refractivity contribution in [2.24, 2.45) is 0 Å². The minimum absolute atomic E-state index is 0.0507. The molecule has 1 aromatic carbocycles. The first-order valence-corrected chi connectivity index (χ1v) is 10.1. The molecule has 0 atom stereocenters. The third-order valence-electron chi connectivity index (χ3n) is 4.62. The van der Waals surface area contributed by atoms with Crippen LogP contribution in [0.3, 0.4) is 0 Å². The molecule has 9 heteroatoms. The fourth-order valence-corrected chi connectivity index (χ4v) is 4.72. The van der Waals surface area contributed by atoms with Gasteiger partial charge in [0.15, 0.2) is 5.82 Å². The molecule has 4 rings (SSSR count). The number of nitrogens with zero attached hydrogens (tertiary/aromatic N) is 2. The Bertz CT molecular complexity index is 1130. The first kappa shape index (κ1) is 17.7. The summed E-state index contributed by atoms with van der Waals surface area (Å²) in [5.41, 5.74) is 2.23. The molecule has 3 aromatic rings. The molecule has 1 aliphatic carbocycles. The van der Waals surface area contributed by atoms with Gasteiger partial charge in [-0.1, -0.05) is 5.16 Å². The minimum atomic E-state index is -3.96. The molecule has 0 bridgehead atoms. The highest BCUT2D eigenvalue weighted by Gasteiger charge is 2.33. The maximum atomic E-state index is 13.3. The second kappa shape index (κ2) is 6.19. The molecule has 7 nitrogen and oxygen atoms in total. The highest BCUT2D eigenvalue weighted by molar-refractivity contribution is 7.93. The molecule has 1 aliphatic rings. The van der Waals surface area contributed by atoms with Crippen molar-refractivity contribution in [1.29, 1.82) is 0 Å². The van der Waals surface area contributed by atoms with Crippen molar-refractivity contribution in [3.05, 3.63) is 46.8 Å². The maximum absolute atomic E-state index is 13.3. The lowest BCUT2D eigenvalue weighted by Crippen LogP contribution is -2.15. The molecule has 142 valence electrons. The number of aromatic nitrogens is 3. The van der Waals surface area contributed by atoms with Crippen LogP contribution >= 0.6 is 0 Å². The van der Waals surface area contributed by atoms with E-state index in [1.807, 2.05) is 0 Å². The van der Waals surface area contributed by atoms with Crippen molar-refractivity contribution >= 4 is 15.7 Å². The van der Waals surface area contributed by atoms with E-state index in [1.165, 1.54) is 18.2 Å². The Morgan fingerprint density at radius 3 is 2.63 bits per heavy atom. The van der Waals surface area contributed by atoms with Crippen molar-refractivity contribution < 1.29 is 17.3 Å². The number of rotatable bonds is 5. The van der Waals surface area contributed by atoms with Crippen LogP contribution in [0.1, 0.15) is 41.5 Å². The van der Waals surface area contributed by atoms with Crippen LogP contribution in [0.2, 0.25) is 0 Å². The van der Waals surface area contributed by atoms with Crippen LogP contribution in [0, 0.1) is 26.6 Å². The van der Waals surface area contributed by atoms with Gasteiger partial charge in [0.2, 0.25) is 0 Å². The molecule has 2 aromatic heterocycles. The average Bonchev–Trinajstić information content (AvgIpc) is 3.23. The van der Waals surface area contributed by atoms with Gasteiger partial charge in [0.05, 0.1) is 11.3 Å². The molecule has 0 saturated heterocycles. The van der Waals surface area contributed by atoms with Gasteiger partial charge in [0, 0.05) is 17.3 Å². The van der Waals surface area contributed by atoms with Crippen LogP contribution in [0.25, 0.3) is 11.5 Å². The van der Waals surface area contributed by atoms with Crippen molar-refractivity contribution in [3.8, 4) is 11.5 Å². The summed E-state index contributed by atoms with van der Waals surface area (Å²) in [6, 6.07) is 3.88. The monoisotopic (exact) mass is 390 g/mol. The Morgan fingerprint density at radius 2 is 1.96 bits per heavy atom. The number of benzene rings is 1. The van der Waals surface area contributed by atoms with Gasteiger partial charge in [0.25, 0.3) is 15.9 Å². The normalized spacial score (nSPS) is 14.5. The van der Waals surface area contributed by atoms with Gasteiger partial charge < -0.3 is 9.51 Å². The molecule has 1 fully saturated rings. The van der Waals surface area contributed by atoms with E-state index in [9.17, 15) is 12.8 Å². The first-order chi connectivity index (χ1) is 12.8. The van der Waals surface area contributed by atoms with Gasteiger partial charge >= 0.3 is 0 Å². The highest BCUT2D eigenvalue weighted by atomic mass is 32.2. The summed E-state index contributed by atoms with van der Waals surface area (Å²) >= 11 is 0.